The molecule has 23 heavy (non-hydrogen) atoms. The Bertz CT molecular complexity index is 1070. The first-order valence-electron chi connectivity index (χ1n) is 7.32. The zero-order chi connectivity index (χ0) is 15.8. The molecule has 2 aromatic carbocycles. The highest BCUT2D eigenvalue weighted by atomic mass is 16.5. The van der Waals surface area contributed by atoms with Gasteiger partial charge in [0.1, 0.15) is 11.4 Å². The molecule has 0 saturated heterocycles. The first kappa shape index (κ1) is 13.5. The molecule has 0 aliphatic heterocycles. The number of aromatic amines is 1. The van der Waals surface area contributed by atoms with Crippen LogP contribution in [0.25, 0.3) is 32.9 Å². The van der Waals surface area contributed by atoms with Gasteiger partial charge in [-0.1, -0.05) is 30.3 Å². The van der Waals surface area contributed by atoms with Crippen LogP contribution in [0, 0.1) is 0 Å². The predicted molar refractivity (Wildman–Crippen MR) is 91.9 cm³/mol. The topological polar surface area (TPSA) is 55.0 Å². The number of methoxy groups -OCH3 is 1. The maximum absolute atomic E-state index is 12.2. The molecule has 4 nitrogen and oxygen atoms in total. The molecular formula is C19H14N2O2. The minimum Gasteiger partial charge on any atom is -0.497 e. The van der Waals surface area contributed by atoms with E-state index in [1.807, 2.05) is 54.6 Å². The van der Waals surface area contributed by atoms with Crippen molar-refractivity contribution in [1.82, 2.24) is 9.97 Å². The van der Waals surface area contributed by atoms with Crippen molar-refractivity contribution in [2.45, 2.75) is 0 Å². The quantitative estimate of drug-likeness (QED) is 0.574. The highest BCUT2D eigenvalue weighted by Crippen LogP contribution is 2.31. The van der Waals surface area contributed by atoms with Gasteiger partial charge in [0.05, 0.1) is 7.11 Å². The number of hydrogen-bond donors (Lipinski definition) is 1. The predicted octanol–water partition coefficient (Wildman–Crippen LogP) is 3.75. The molecule has 0 unspecified atom stereocenters. The molecule has 0 radical (unpaired) electrons. The summed E-state index contributed by atoms with van der Waals surface area (Å²) in [5.74, 6) is 0.811. The Morgan fingerprint density at radius 1 is 0.957 bits per heavy atom. The van der Waals surface area contributed by atoms with Crippen molar-refractivity contribution in [2.75, 3.05) is 7.11 Å². The number of hydrogen-bond acceptors (Lipinski definition) is 3. The van der Waals surface area contributed by atoms with Crippen LogP contribution in [-0.2, 0) is 0 Å². The average molecular weight is 302 g/mol. The van der Waals surface area contributed by atoms with Gasteiger partial charge in [0.15, 0.2) is 0 Å². The van der Waals surface area contributed by atoms with Crippen LogP contribution in [0.2, 0.25) is 0 Å². The zero-order valence-corrected chi connectivity index (χ0v) is 12.5. The lowest BCUT2D eigenvalue weighted by molar-refractivity contribution is 0.415. The summed E-state index contributed by atoms with van der Waals surface area (Å²) in [5, 5.41) is 2.53. The normalized spacial score (nSPS) is 11.0. The number of ether oxygens (including phenoxy) is 1. The molecule has 0 aliphatic carbocycles. The summed E-state index contributed by atoms with van der Waals surface area (Å²) in [6.07, 6.45) is 1.71. The summed E-state index contributed by atoms with van der Waals surface area (Å²) < 4.78 is 5.22. The number of nitrogens with one attached hydrogen (secondary N) is 1. The van der Waals surface area contributed by atoms with Crippen molar-refractivity contribution in [1.29, 1.82) is 0 Å². The van der Waals surface area contributed by atoms with Gasteiger partial charge in [0.2, 0.25) is 0 Å². The first-order chi connectivity index (χ1) is 11.3. The van der Waals surface area contributed by atoms with E-state index in [9.17, 15) is 4.79 Å². The van der Waals surface area contributed by atoms with E-state index in [4.69, 9.17) is 4.74 Å². The van der Waals surface area contributed by atoms with Crippen LogP contribution in [0.4, 0.5) is 0 Å². The van der Waals surface area contributed by atoms with Crippen molar-refractivity contribution in [3.8, 4) is 16.9 Å². The molecule has 0 atom stereocenters. The SMILES string of the molecule is COc1ccc(-c2ccnc3[nH]c(=O)c4ccccc4c23)cc1. The molecular weight excluding hydrogens is 288 g/mol. The smallest absolute Gasteiger partial charge is 0.257 e. The molecule has 0 saturated carbocycles. The fraction of sp³-hybridized carbons (Fsp3) is 0.0526. The Balaban J connectivity index is 2.10. The van der Waals surface area contributed by atoms with Crippen LogP contribution in [0.15, 0.2) is 65.6 Å². The van der Waals surface area contributed by atoms with Crippen molar-refractivity contribution in [3.05, 3.63) is 71.1 Å². The van der Waals surface area contributed by atoms with Crippen molar-refractivity contribution >= 4 is 21.8 Å². The summed E-state index contributed by atoms with van der Waals surface area (Å²) in [6.45, 7) is 0. The summed E-state index contributed by atoms with van der Waals surface area (Å²) in [6, 6.07) is 17.4. The molecule has 0 bridgehead atoms. The van der Waals surface area contributed by atoms with E-state index in [1.165, 1.54) is 0 Å². The van der Waals surface area contributed by atoms with Crippen LogP contribution in [-0.4, -0.2) is 17.1 Å². The Hall–Kier alpha value is -3.14. The van der Waals surface area contributed by atoms with Gasteiger partial charge in [-0.25, -0.2) is 4.98 Å². The second-order valence-electron chi connectivity index (χ2n) is 5.31. The summed E-state index contributed by atoms with van der Waals surface area (Å²) in [5.41, 5.74) is 2.56. The van der Waals surface area contributed by atoms with Crippen molar-refractivity contribution in [2.24, 2.45) is 0 Å². The van der Waals surface area contributed by atoms with Crippen LogP contribution < -0.4 is 10.3 Å². The van der Waals surface area contributed by atoms with E-state index in [0.29, 0.717) is 11.0 Å². The van der Waals surface area contributed by atoms with Gasteiger partial charge in [0, 0.05) is 17.0 Å². The second-order valence-corrected chi connectivity index (χ2v) is 5.31. The zero-order valence-electron chi connectivity index (χ0n) is 12.5. The standard InChI is InChI=1S/C19H14N2O2/c1-23-13-8-6-12(7-9-13)14-10-11-20-18-17(14)15-4-2-3-5-16(15)19(22)21-18/h2-11H,1H3,(H,20,21,22). The molecule has 0 aliphatic rings. The van der Waals surface area contributed by atoms with Gasteiger partial charge in [0.25, 0.3) is 5.56 Å². The molecule has 112 valence electrons. The molecule has 2 heterocycles. The molecule has 0 fully saturated rings. The van der Waals surface area contributed by atoms with Crippen LogP contribution in [0.5, 0.6) is 5.75 Å². The lowest BCUT2D eigenvalue weighted by atomic mass is 9.99. The summed E-state index contributed by atoms with van der Waals surface area (Å²) >= 11 is 0. The third kappa shape index (κ3) is 2.16. The van der Waals surface area contributed by atoms with E-state index in [1.54, 1.807) is 13.3 Å². The molecule has 4 rings (SSSR count). The maximum atomic E-state index is 12.2. The molecule has 4 aromatic rings. The van der Waals surface area contributed by atoms with Gasteiger partial charge in [-0.3, -0.25) is 4.79 Å². The van der Waals surface area contributed by atoms with E-state index in [2.05, 4.69) is 9.97 Å². The van der Waals surface area contributed by atoms with Gasteiger partial charge < -0.3 is 9.72 Å². The minimum atomic E-state index is -0.118. The fourth-order valence-corrected chi connectivity index (χ4v) is 2.91. The fourth-order valence-electron chi connectivity index (χ4n) is 2.91. The van der Waals surface area contributed by atoms with Gasteiger partial charge in [-0.15, -0.1) is 0 Å². The third-order valence-electron chi connectivity index (χ3n) is 4.02. The lowest BCUT2D eigenvalue weighted by Gasteiger charge is -2.09. The number of H-pyrrole nitrogens is 1. The largest absolute Gasteiger partial charge is 0.497 e. The van der Waals surface area contributed by atoms with E-state index >= 15 is 0 Å². The van der Waals surface area contributed by atoms with E-state index in [0.717, 1.165) is 27.6 Å². The summed E-state index contributed by atoms with van der Waals surface area (Å²) in [4.78, 5) is 19.4. The third-order valence-corrected chi connectivity index (χ3v) is 4.02. The van der Waals surface area contributed by atoms with E-state index in [-0.39, 0.29) is 5.56 Å². The number of aromatic nitrogens is 2. The Labute approximate surface area is 132 Å². The average Bonchev–Trinajstić information content (AvgIpc) is 2.61. The monoisotopic (exact) mass is 302 g/mol. The van der Waals surface area contributed by atoms with Gasteiger partial charge in [-0.05, 0) is 40.8 Å². The molecule has 4 heteroatoms. The number of pyridine rings is 2. The highest BCUT2D eigenvalue weighted by Gasteiger charge is 2.11. The lowest BCUT2D eigenvalue weighted by Crippen LogP contribution is -2.07. The molecule has 1 N–H and O–H groups in total. The number of benzene rings is 2. The Kier molecular flexibility index (Phi) is 3.08. The Morgan fingerprint density at radius 2 is 1.70 bits per heavy atom. The van der Waals surface area contributed by atoms with E-state index < -0.39 is 0 Å². The number of nitrogens with zero attached hydrogens (tertiary/aromatic N) is 1. The summed E-state index contributed by atoms with van der Waals surface area (Å²) in [7, 11) is 1.65. The van der Waals surface area contributed by atoms with Gasteiger partial charge >= 0.3 is 0 Å². The van der Waals surface area contributed by atoms with Gasteiger partial charge in [-0.2, -0.15) is 0 Å². The van der Waals surface area contributed by atoms with Crippen LogP contribution in [0.3, 0.4) is 0 Å². The molecule has 0 amide bonds. The Morgan fingerprint density at radius 3 is 2.43 bits per heavy atom. The number of rotatable bonds is 2. The maximum Gasteiger partial charge on any atom is 0.257 e. The van der Waals surface area contributed by atoms with Crippen LogP contribution in [0.1, 0.15) is 0 Å². The first-order valence-corrected chi connectivity index (χ1v) is 7.32. The molecule has 2 aromatic heterocycles. The minimum absolute atomic E-state index is 0.118. The van der Waals surface area contributed by atoms with Crippen LogP contribution >= 0.6 is 0 Å². The second kappa shape index (κ2) is 5.25. The van der Waals surface area contributed by atoms with Crippen molar-refractivity contribution in [3.63, 3.8) is 0 Å². The van der Waals surface area contributed by atoms with Crippen molar-refractivity contribution < 1.29 is 4.74 Å². The molecule has 0 spiro atoms. The highest BCUT2D eigenvalue weighted by molar-refractivity contribution is 6.11. The number of fused-ring (bicyclic) bond motifs is 3.